The lowest BCUT2D eigenvalue weighted by Crippen LogP contribution is -2.11. The molecular formula is C55H31N5. The highest BCUT2D eigenvalue weighted by molar-refractivity contribution is 6.29. The fourth-order valence-electron chi connectivity index (χ4n) is 10.9. The number of nitrogens with zero attached hydrogens (tertiary/aromatic N) is 5. The van der Waals surface area contributed by atoms with Crippen molar-refractivity contribution in [2.75, 3.05) is 0 Å². The number of hydrogen-bond donors (Lipinski definition) is 0. The molecule has 14 aromatic rings. The predicted octanol–water partition coefficient (Wildman–Crippen LogP) is 14.0. The first-order valence-electron chi connectivity index (χ1n) is 20.4. The van der Waals surface area contributed by atoms with Gasteiger partial charge < -0.3 is 18.1 Å². The zero-order valence-electron chi connectivity index (χ0n) is 32.1. The first-order valence-corrected chi connectivity index (χ1v) is 20.4. The molecule has 5 nitrogen and oxygen atoms in total. The maximum absolute atomic E-state index is 12.2. The summed E-state index contributed by atoms with van der Waals surface area (Å²) in [6.45, 7) is 0. The predicted molar refractivity (Wildman–Crippen MR) is 249 cm³/mol. The summed E-state index contributed by atoms with van der Waals surface area (Å²) < 4.78 is 9.67. The second kappa shape index (κ2) is 11.4. The minimum atomic E-state index is 0.599. The lowest BCUT2D eigenvalue weighted by molar-refractivity contribution is 1.08. The number of nitriles is 1. The van der Waals surface area contributed by atoms with Crippen LogP contribution in [-0.4, -0.2) is 18.1 Å². The van der Waals surface area contributed by atoms with Crippen molar-refractivity contribution >= 4 is 104 Å². The van der Waals surface area contributed by atoms with E-state index in [1.807, 2.05) is 0 Å². The Hall–Kier alpha value is -8.33. The number of rotatable bonds is 3. The highest BCUT2D eigenvalue weighted by Gasteiger charge is 2.33. The Bertz CT molecular complexity index is 4040. The van der Waals surface area contributed by atoms with Gasteiger partial charge >= 0.3 is 0 Å². The van der Waals surface area contributed by atoms with E-state index in [4.69, 9.17) is 0 Å². The van der Waals surface area contributed by atoms with Gasteiger partial charge in [0.2, 0.25) is 0 Å². The number of fused-ring (bicyclic) bond motifs is 15. The number of hydrogen-bond acceptors (Lipinski definition) is 1. The zero-order valence-corrected chi connectivity index (χ0v) is 32.1. The third kappa shape index (κ3) is 3.77. The molecule has 5 aromatic heterocycles. The third-order valence-electron chi connectivity index (χ3n) is 13.1. The van der Waals surface area contributed by atoms with Crippen molar-refractivity contribution in [3.8, 4) is 23.1 Å². The van der Waals surface area contributed by atoms with Crippen LogP contribution in [0.2, 0.25) is 0 Å². The molecule has 9 aromatic carbocycles. The van der Waals surface area contributed by atoms with E-state index in [-0.39, 0.29) is 0 Å². The summed E-state index contributed by atoms with van der Waals surface area (Å²) in [5.74, 6) is 0. The molecule has 0 aliphatic rings. The van der Waals surface area contributed by atoms with Crippen molar-refractivity contribution in [3.63, 3.8) is 0 Å². The maximum Gasteiger partial charge on any atom is 0.104 e. The Morgan fingerprint density at radius 3 is 1.02 bits per heavy atom. The quantitative estimate of drug-likeness (QED) is 0.177. The summed E-state index contributed by atoms with van der Waals surface area (Å²) >= 11 is 0. The molecule has 0 aliphatic carbocycles. The topological polar surface area (TPSA) is 43.0 Å². The van der Waals surface area contributed by atoms with Crippen LogP contribution in [0.4, 0.5) is 0 Å². The molecule has 0 spiro atoms. The van der Waals surface area contributed by atoms with Gasteiger partial charge in [0.1, 0.15) is 11.6 Å². The van der Waals surface area contributed by atoms with Crippen molar-refractivity contribution in [1.29, 1.82) is 5.26 Å². The molecule has 0 saturated carbocycles. The van der Waals surface area contributed by atoms with Crippen molar-refractivity contribution in [2.45, 2.75) is 0 Å². The minimum absolute atomic E-state index is 0.599. The molecule has 0 unspecified atom stereocenters. The monoisotopic (exact) mass is 761 g/mol. The first-order chi connectivity index (χ1) is 29.8. The summed E-state index contributed by atoms with van der Waals surface area (Å²) in [7, 11) is 0. The van der Waals surface area contributed by atoms with Crippen LogP contribution in [-0.2, 0) is 0 Å². The summed E-state index contributed by atoms with van der Waals surface area (Å²) in [5, 5.41) is 23.8. The molecule has 0 radical (unpaired) electrons. The van der Waals surface area contributed by atoms with Crippen molar-refractivity contribution in [1.82, 2.24) is 18.1 Å². The highest BCUT2D eigenvalue weighted by atomic mass is 15.1. The van der Waals surface area contributed by atoms with Gasteiger partial charge in [-0.15, -0.1) is 0 Å². The zero-order chi connectivity index (χ0) is 39.2. The van der Waals surface area contributed by atoms with Crippen LogP contribution in [0.15, 0.2) is 188 Å². The van der Waals surface area contributed by atoms with Crippen LogP contribution in [0.25, 0.3) is 121 Å². The van der Waals surface area contributed by atoms with Gasteiger partial charge in [-0.25, -0.2) is 0 Å². The second-order valence-corrected chi connectivity index (χ2v) is 15.9. The largest absolute Gasteiger partial charge is 0.306 e. The van der Waals surface area contributed by atoms with Gasteiger partial charge in [0, 0.05) is 53.9 Å². The van der Waals surface area contributed by atoms with E-state index in [1.54, 1.807) is 0 Å². The van der Waals surface area contributed by atoms with E-state index < -0.39 is 0 Å². The van der Waals surface area contributed by atoms with Gasteiger partial charge in [0.15, 0.2) is 0 Å². The molecule has 276 valence electrons. The number of benzene rings is 9. The van der Waals surface area contributed by atoms with Crippen molar-refractivity contribution in [3.05, 3.63) is 194 Å². The molecule has 60 heavy (non-hydrogen) atoms. The normalized spacial score (nSPS) is 12.3. The molecule has 0 amide bonds. The lowest BCUT2D eigenvalue weighted by atomic mass is 9.99. The summed E-state index contributed by atoms with van der Waals surface area (Å²) in [4.78, 5) is 0. The van der Waals surface area contributed by atoms with Crippen LogP contribution < -0.4 is 0 Å². The smallest absolute Gasteiger partial charge is 0.104 e. The summed E-state index contributed by atoms with van der Waals surface area (Å²) in [6, 6.07) is 70.4. The van der Waals surface area contributed by atoms with Crippen molar-refractivity contribution in [2.24, 2.45) is 0 Å². The molecule has 5 heteroatoms. The second-order valence-electron chi connectivity index (χ2n) is 15.9. The number of para-hydroxylation sites is 8. The average Bonchev–Trinajstić information content (AvgIpc) is 4.10. The summed E-state index contributed by atoms with van der Waals surface area (Å²) in [6.07, 6.45) is 0. The lowest BCUT2D eigenvalue weighted by Gasteiger charge is -2.23. The van der Waals surface area contributed by atoms with Crippen LogP contribution in [0.3, 0.4) is 0 Å². The van der Waals surface area contributed by atoms with Crippen LogP contribution in [0.1, 0.15) is 5.56 Å². The molecule has 0 fully saturated rings. The highest BCUT2D eigenvalue weighted by Crippen LogP contribution is 2.51. The molecule has 0 N–H and O–H groups in total. The van der Waals surface area contributed by atoms with Gasteiger partial charge in [0.05, 0.1) is 66.7 Å². The van der Waals surface area contributed by atoms with Crippen LogP contribution >= 0.6 is 0 Å². The van der Waals surface area contributed by atoms with E-state index in [0.717, 1.165) is 99.0 Å². The molecule has 14 rings (SSSR count). The fourth-order valence-corrected chi connectivity index (χ4v) is 10.9. The summed E-state index contributed by atoms with van der Waals surface area (Å²) in [5.41, 5.74) is 13.0. The maximum atomic E-state index is 12.2. The van der Waals surface area contributed by atoms with E-state index in [2.05, 4.69) is 212 Å². The molecule has 0 bridgehead atoms. The molecule has 0 atom stereocenters. The minimum Gasteiger partial charge on any atom is -0.306 e. The third-order valence-corrected chi connectivity index (χ3v) is 13.1. The van der Waals surface area contributed by atoms with Gasteiger partial charge in [-0.1, -0.05) is 146 Å². The Balaban J connectivity index is 1.37. The van der Waals surface area contributed by atoms with E-state index >= 15 is 0 Å². The Kier molecular flexibility index (Phi) is 6.03. The SMILES string of the molecule is N#Cc1c(-n2c3ccccc3c3ccccc32)c(-n2c3ccccc3c3ccccc32)c2c3cccc4c5ccccc5n(c2c1-n1c2ccccc2c2ccccc21)c43. The van der Waals surface area contributed by atoms with Crippen LogP contribution in [0.5, 0.6) is 0 Å². The molecule has 0 aliphatic heterocycles. The number of aromatic nitrogens is 4. The average molecular weight is 762 g/mol. The van der Waals surface area contributed by atoms with Gasteiger partial charge in [-0.3, -0.25) is 0 Å². The Labute approximate surface area is 342 Å². The molecular weight excluding hydrogens is 731 g/mol. The Morgan fingerprint density at radius 1 is 0.283 bits per heavy atom. The van der Waals surface area contributed by atoms with Gasteiger partial charge in [0.25, 0.3) is 0 Å². The first kappa shape index (κ1) is 31.7. The van der Waals surface area contributed by atoms with Crippen molar-refractivity contribution < 1.29 is 0 Å². The van der Waals surface area contributed by atoms with E-state index in [1.165, 1.54) is 21.5 Å². The molecule has 0 saturated heterocycles. The van der Waals surface area contributed by atoms with E-state index in [0.29, 0.717) is 5.56 Å². The molecule has 5 heterocycles. The van der Waals surface area contributed by atoms with Gasteiger partial charge in [-0.2, -0.15) is 5.26 Å². The fraction of sp³-hybridized carbons (Fsp3) is 0. The van der Waals surface area contributed by atoms with E-state index in [9.17, 15) is 5.26 Å². The Morgan fingerprint density at radius 2 is 0.600 bits per heavy atom. The standard InChI is InChI=1S/C55H31N5/c56-32-42-52(57-43-25-8-1-16-33(43)34-17-2-9-26-44(34)57)54(59-47-29-12-5-20-37(47)38-21-6-13-30-48(38)59)50-41-24-15-23-40-39-22-7-14-31-49(39)60(51(40)41)55(50)53(42)58-45-27-10-3-18-35(45)36-19-4-11-28-46(36)58/h1-31H. The van der Waals surface area contributed by atoms with Gasteiger partial charge in [-0.05, 0) is 42.5 Å². The van der Waals surface area contributed by atoms with Crippen LogP contribution in [0, 0.1) is 11.3 Å².